The van der Waals surface area contributed by atoms with E-state index in [1.807, 2.05) is 49.5 Å². The number of ether oxygens (including phenoxy) is 1. The lowest BCUT2D eigenvalue weighted by atomic mass is 9.90. The molecule has 0 N–H and O–H groups in total. The van der Waals surface area contributed by atoms with Crippen molar-refractivity contribution in [1.29, 1.82) is 0 Å². The van der Waals surface area contributed by atoms with Gasteiger partial charge in [-0.1, -0.05) is 23.8 Å². The molecule has 1 fully saturated rings. The molecular weight excluding hydrogens is 374 g/mol. The van der Waals surface area contributed by atoms with Crippen LogP contribution in [0.15, 0.2) is 42.6 Å². The molecule has 0 amide bonds. The number of likely N-dealkylation sites (tertiary alicyclic amines) is 1. The Morgan fingerprint density at radius 3 is 2.64 bits per heavy atom. The van der Waals surface area contributed by atoms with Gasteiger partial charge < -0.3 is 4.74 Å². The van der Waals surface area contributed by atoms with Gasteiger partial charge in [-0.05, 0) is 25.1 Å². The molecule has 28 heavy (non-hydrogen) atoms. The molecule has 1 spiro atoms. The molecule has 0 aliphatic carbocycles. The summed E-state index contributed by atoms with van der Waals surface area (Å²) in [6.45, 7) is 5.31. The molecule has 0 atom stereocenters. The van der Waals surface area contributed by atoms with Crippen molar-refractivity contribution >= 4 is 10.0 Å². The zero-order chi connectivity index (χ0) is 19.8. The highest BCUT2D eigenvalue weighted by Crippen LogP contribution is 2.37. The molecule has 150 valence electrons. The van der Waals surface area contributed by atoms with E-state index in [0.717, 1.165) is 55.0 Å². The smallest absolute Gasteiger partial charge is 0.211 e. The first-order valence-corrected chi connectivity index (χ1v) is 11.5. The summed E-state index contributed by atoms with van der Waals surface area (Å²) in [5.41, 5.74) is 2.62. The molecule has 7 heteroatoms. The van der Waals surface area contributed by atoms with Gasteiger partial charge in [-0.3, -0.25) is 9.88 Å². The maximum atomic E-state index is 12.4. The van der Waals surface area contributed by atoms with Crippen LogP contribution in [0.25, 0.3) is 0 Å². The standard InChI is InChI=1S/C21H27N3O3S/c1-17-6-7-20-18(13-17)14-24(28(2,25)26)16-21(27-20)8-11-23(12-9-21)15-19-5-3-4-10-22-19/h3-7,10,13H,8-9,11-12,14-16H2,1-2H3. The Balaban J connectivity index is 1.55. The topological polar surface area (TPSA) is 62.7 Å². The van der Waals surface area contributed by atoms with Crippen LogP contribution in [0, 0.1) is 6.92 Å². The van der Waals surface area contributed by atoms with Gasteiger partial charge in [0.25, 0.3) is 0 Å². The maximum Gasteiger partial charge on any atom is 0.211 e. The van der Waals surface area contributed by atoms with Crippen LogP contribution in [0.2, 0.25) is 0 Å². The number of hydrogen-bond acceptors (Lipinski definition) is 5. The number of hydrogen-bond donors (Lipinski definition) is 0. The molecule has 1 aromatic heterocycles. The monoisotopic (exact) mass is 401 g/mol. The Morgan fingerprint density at radius 1 is 1.18 bits per heavy atom. The fraction of sp³-hybridized carbons (Fsp3) is 0.476. The van der Waals surface area contributed by atoms with Crippen LogP contribution in [-0.4, -0.2) is 54.1 Å². The van der Waals surface area contributed by atoms with E-state index in [0.29, 0.717) is 13.1 Å². The Hall–Kier alpha value is -1.96. The zero-order valence-electron chi connectivity index (χ0n) is 16.5. The Labute approximate surface area is 167 Å². The fourth-order valence-corrected chi connectivity index (χ4v) is 4.94. The summed E-state index contributed by atoms with van der Waals surface area (Å²) in [7, 11) is -3.31. The van der Waals surface area contributed by atoms with Crippen molar-refractivity contribution in [3.05, 3.63) is 59.4 Å². The molecule has 1 aromatic carbocycles. The fourth-order valence-electron chi connectivity index (χ4n) is 4.10. The number of pyridine rings is 1. The summed E-state index contributed by atoms with van der Waals surface area (Å²) < 4.78 is 32.9. The van der Waals surface area contributed by atoms with Gasteiger partial charge in [0.15, 0.2) is 0 Å². The second-order valence-corrected chi connectivity index (χ2v) is 10.0. The predicted octanol–water partition coefficient (Wildman–Crippen LogP) is 2.58. The molecule has 0 unspecified atom stereocenters. The average Bonchev–Trinajstić information content (AvgIpc) is 2.81. The molecule has 0 bridgehead atoms. The minimum atomic E-state index is -3.31. The van der Waals surface area contributed by atoms with Gasteiger partial charge in [0.2, 0.25) is 10.0 Å². The van der Waals surface area contributed by atoms with E-state index in [9.17, 15) is 8.42 Å². The second kappa shape index (κ2) is 7.46. The first kappa shape index (κ1) is 19.4. The van der Waals surface area contributed by atoms with E-state index in [1.54, 1.807) is 4.31 Å². The number of aromatic nitrogens is 1. The number of aryl methyl sites for hydroxylation is 1. The average molecular weight is 402 g/mol. The molecule has 0 saturated carbocycles. The largest absolute Gasteiger partial charge is 0.485 e. The summed E-state index contributed by atoms with van der Waals surface area (Å²) in [4.78, 5) is 6.78. The van der Waals surface area contributed by atoms with Gasteiger partial charge in [-0.2, -0.15) is 4.31 Å². The highest BCUT2D eigenvalue weighted by Gasteiger charge is 2.42. The van der Waals surface area contributed by atoms with Gasteiger partial charge in [0.05, 0.1) is 18.5 Å². The minimum absolute atomic E-state index is 0.370. The summed E-state index contributed by atoms with van der Waals surface area (Å²) in [6.07, 6.45) is 4.69. The zero-order valence-corrected chi connectivity index (χ0v) is 17.3. The Bertz CT molecular complexity index is 939. The third kappa shape index (κ3) is 4.21. The molecule has 4 rings (SSSR count). The van der Waals surface area contributed by atoms with Gasteiger partial charge in [-0.15, -0.1) is 0 Å². The first-order valence-electron chi connectivity index (χ1n) is 9.69. The number of fused-ring (bicyclic) bond motifs is 1. The van der Waals surface area contributed by atoms with Crippen molar-refractivity contribution in [2.24, 2.45) is 0 Å². The van der Waals surface area contributed by atoms with Crippen LogP contribution in [0.1, 0.15) is 29.7 Å². The molecule has 1 saturated heterocycles. The third-order valence-electron chi connectivity index (χ3n) is 5.70. The summed E-state index contributed by atoms with van der Waals surface area (Å²) in [5, 5.41) is 0. The van der Waals surface area contributed by atoms with Crippen LogP contribution in [-0.2, 0) is 23.1 Å². The van der Waals surface area contributed by atoms with Crippen LogP contribution < -0.4 is 4.74 Å². The Morgan fingerprint density at radius 2 is 1.96 bits per heavy atom. The number of benzene rings is 1. The van der Waals surface area contributed by atoms with Crippen LogP contribution >= 0.6 is 0 Å². The molecule has 0 radical (unpaired) electrons. The number of nitrogens with zero attached hydrogens (tertiary/aromatic N) is 3. The van der Waals surface area contributed by atoms with Crippen molar-refractivity contribution in [3.63, 3.8) is 0 Å². The van der Waals surface area contributed by atoms with Gasteiger partial charge >= 0.3 is 0 Å². The summed E-state index contributed by atoms with van der Waals surface area (Å²) in [5.74, 6) is 0.815. The lowest BCUT2D eigenvalue weighted by molar-refractivity contribution is -0.00771. The predicted molar refractivity (Wildman–Crippen MR) is 109 cm³/mol. The van der Waals surface area contributed by atoms with E-state index in [2.05, 4.69) is 9.88 Å². The van der Waals surface area contributed by atoms with Crippen LogP contribution in [0.5, 0.6) is 5.75 Å². The van der Waals surface area contributed by atoms with Crippen molar-refractivity contribution in [2.75, 3.05) is 25.9 Å². The van der Waals surface area contributed by atoms with Gasteiger partial charge in [0.1, 0.15) is 11.4 Å². The quantitative estimate of drug-likeness (QED) is 0.791. The van der Waals surface area contributed by atoms with Crippen molar-refractivity contribution in [3.8, 4) is 5.75 Å². The maximum absolute atomic E-state index is 12.4. The number of piperidine rings is 1. The van der Waals surface area contributed by atoms with Crippen LogP contribution in [0.3, 0.4) is 0 Å². The Kier molecular flexibility index (Phi) is 5.16. The number of rotatable bonds is 3. The second-order valence-electron chi connectivity index (χ2n) is 8.02. The van der Waals surface area contributed by atoms with Gasteiger partial charge in [-0.25, -0.2) is 8.42 Å². The summed E-state index contributed by atoms with van der Waals surface area (Å²) in [6, 6.07) is 12.0. The number of sulfonamides is 1. The van der Waals surface area contributed by atoms with E-state index >= 15 is 0 Å². The van der Waals surface area contributed by atoms with E-state index in [1.165, 1.54) is 6.26 Å². The van der Waals surface area contributed by atoms with E-state index in [4.69, 9.17) is 4.74 Å². The van der Waals surface area contributed by atoms with Crippen molar-refractivity contribution in [2.45, 2.75) is 38.5 Å². The SMILES string of the molecule is Cc1ccc2c(c1)CN(S(C)(=O)=O)CC1(CCN(Cc3ccccn3)CC1)O2. The molecule has 6 nitrogen and oxygen atoms in total. The first-order chi connectivity index (χ1) is 13.3. The highest BCUT2D eigenvalue weighted by atomic mass is 32.2. The van der Waals surface area contributed by atoms with Crippen LogP contribution in [0.4, 0.5) is 0 Å². The molecule has 3 heterocycles. The molecule has 2 aliphatic heterocycles. The van der Waals surface area contributed by atoms with Crippen molar-refractivity contribution < 1.29 is 13.2 Å². The highest BCUT2D eigenvalue weighted by molar-refractivity contribution is 7.88. The minimum Gasteiger partial charge on any atom is -0.485 e. The van der Waals surface area contributed by atoms with Crippen molar-refractivity contribution in [1.82, 2.24) is 14.2 Å². The molecule has 2 aromatic rings. The van der Waals surface area contributed by atoms with E-state index < -0.39 is 15.6 Å². The lowest BCUT2D eigenvalue weighted by Gasteiger charge is -2.42. The lowest BCUT2D eigenvalue weighted by Crippen LogP contribution is -2.53. The summed E-state index contributed by atoms with van der Waals surface area (Å²) >= 11 is 0. The van der Waals surface area contributed by atoms with Gasteiger partial charge in [0, 0.05) is 50.8 Å². The third-order valence-corrected chi connectivity index (χ3v) is 6.90. The van der Waals surface area contributed by atoms with E-state index in [-0.39, 0.29) is 0 Å². The molecule has 2 aliphatic rings. The molecular formula is C21H27N3O3S. The normalized spacial score (nSPS) is 20.4.